The molecule has 0 aromatic rings. The summed E-state index contributed by atoms with van der Waals surface area (Å²) in [6.07, 6.45) is -1.97. The number of rotatable bonds is 4. The van der Waals surface area contributed by atoms with Crippen molar-refractivity contribution in [1.29, 1.82) is 0 Å². The summed E-state index contributed by atoms with van der Waals surface area (Å²) in [5.74, 6) is -0.584. The smallest absolute Gasteiger partial charge is 0.254 e. The zero-order chi connectivity index (χ0) is 12.1. The molecule has 0 bridgehead atoms. The fourth-order valence-electron chi connectivity index (χ4n) is 1.77. The number of carbonyl (C=O) groups is 1. The van der Waals surface area contributed by atoms with Gasteiger partial charge < -0.3 is 25.3 Å². The summed E-state index contributed by atoms with van der Waals surface area (Å²) in [5, 5.41) is 36.6. The molecule has 0 unspecified atom stereocenters. The topological polar surface area (TPSA) is 101 Å². The third-order valence-corrected chi connectivity index (χ3v) is 2.83. The Bertz CT molecular complexity index is 229. The Balaban J connectivity index is 2.51. The van der Waals surface area contributed by atoms with Crippen LogP contribution in [0.25, 0.3) is 0 Å². The van der Waals surface area contributed by atoms with E-state index in [-0.39, 0.29) is 0 Å². The van der Waals surface area contributed by atoms with Crippen molar-refractivity contribution in [3.8, 4) is 0 Å². The summed E-state index contributed by atoms with van der Waals surface area (Å²) < 4.78 is 0. The Morgan fingerprint density at radius 2 is 1.69 bits per heavy atom. The lowest BCUT2D eigenvalue weighted by atomic mass is 10.1. The summed E-state index contributed by atoms with van der Waals surface area (Å²) in [7, 11) is 0. The first-order chi connectivity index (χ1) is 7.57. The van der Waals surface area contributed by atoms with E-state index in [0.717, 1.165) is 19.3 Å². The zero-order valence-electron chi connectivity index (χ0n) is 9.12. The van der Waals surface area contributed by atoms with Gasteiger partial charge in [0.15, 0.2) is 6.10 Å². The van der Waals surface area contributed by atoms with Gasteiger partial charge in [0.1, 0.15) is 12.2 Å². The highest BCUT2D eigenvalue weighted by Crippen LogP contribution is 2.12. The largest absolute Gasteiger partial charge is 0.394 e. The zero-order valence-corrected chi connectivity index (χ0v) is 9.12. The number of aliphatic hydroxyl groups excluding tert-OH is 4. The molecule has 1 aliphatic rings. The van der Waals surface area contributed by atoms with Gasteiger partial charge in [-0.15, -0.1) is 0 Å². The predicted molar refractivity (Wildman–Crippen MR) is 55.5 cm³/mol. The van der Waals surface area contributed by atoms with E-state index in [0.29, 0.717) is 13.1 Å². The molecule has 0 aromatic carbocycles. The minimum atomic E-state index is -1.67. The van der Waals surface area contributed by atoms with E-state index in [2.05, 4.69) is 0 Å². The molecule has 1 aliphatic heterocycles. The molecule has 0 aromatic heterocycles. The van der Waals surface area contributed by atoms with Gasteiger partial charge in [-0.05, 0) is 19.3 Å². The molecule has 1 heterocycles. The first kappa shape index (κ1) is 13.4. The van der Waals surface area contributed by atoms with Crippen molar-refractivity contribution < 1.29 is 25.2 Å². The molecule has 1 rings (SSSR count). The second kappa shape index (κ2) is 6.15. The highest BCUT2D eigenvalue weighted by atomic mass is 16.4. The molecule has 0 aliphatic carbocycles. The van der Waals surface area contributed by atoms with E-state index < -0.39 is 30.8 Å². The number of hydrogen-bond acceptors (Lipinski definition) is 5. The molecule has 6 nitrogen and oxygen atoms in total. The number of likely N-dealkylation sites (tertiary alicyclic amines) is 1. The van der Waals surface area contributed by atoms with Gasteiger partial charge in [-0.3, -0.25) is 4.79 Å². The van der Waals surface area contributed by atoms with Crippen LogP contribution in [0.2, 0.25) is 0 Å². The molecule has 94 valence electrons. The molecule has 4 N–H and O–H groups in total. The molecule has 6 heteroatoms. The molecular weight excluding hydrogens is 214 g/mol. The van der Waals surface area contributed by atoms with Crippen LogP contribution in [-0.4, -0.2) is 69.2 Å². The quantitative estimate of drug-likeness (QED) is 0.453. The first-order valence-electron chi connectivity index (χ1n) is 5.51. The highest BCUT2D eigenvalue weighted by molar-refractivity contribution is 5.81. The van der Waals surface area contributed by atoms with Crippen LogP contribution in [0, 0.1) is 0 Å². The van der Waals surface area contributed by atoms with E-state index in [1.165, 1.54) is 4.90 Å². The number of amides is 1. The van der Waals surface area contributed by atoms with Crippen LogP contribution >= 0.6 is 0 Å². The summed E-state index contributed by atoms with van der Waals surface area (Å²) >= 11 is 0. The Morgan fingerprint density at radius 1 is 1.12 bits per heavy atom. The first-order valence-corrected chi connectivity index (χ1v) is 5.51. The second-order valence-electron chi connectivity index (χ2n) is 4.07. The van der Waals surface area contributed by atoms with E-state index in [9.17, 15) is 15.0 Å². The van der Waals surface area contributed by atoms with Crippen LogP contribution in [0.3, 0.4) is 0 Å². The van der Waals surface area contributed by atoms with Crippen molar-refractivity contribution in [3.05, 3.63) is 0 Å². The van der Waals surface area contributed by atoms with Crippen LogP contribution in [-0.2, 0) is 4.79 Å². The van der Waals surface area contributed by atoms with Crippen molar-refractivity contribution in [2.24, 2.45) is 0 Å². The van der Waals surface area contributed by atoms with Crippen LogP contribution in [0.5, 0.6) is 0 Å². The second-order valence-corrected chi connectivity index (χ2v) is 4.07. The lowest BCUT2D eigenvalue weighted by Gasteiger charge is -2.30. The van der Waals surface area contributed by atoms with Gasteiger partial charge >= 0.3 is 0 Å². The number of hydrogen-bond donors (Lipinski definition) is 4. The van der Waals surface area contributed by atoms with Gasteiger partial charge in [-0.2, -0.15) is 0 Å². The maximum Gasteiger partial charge on any atom is 0.254 e. The van der Waals surface area contributed by atoms with Gasteiger partial charge in [-0.25, -0.2) is 0 Å². The van der Waals surface area contributed by atoms with E-state index in [1.807, 2.05) is 0 Å². The molecule has 0 radical (unpaired) electrons. The van der Waals surface area contributed by atoms with Crippen molar-refractivity contribution in [1.82, 2.24) is 4.90 Å². The average Bonchev–Trinajstić information content (AvgIpc) is 2.36. The van der Waals surface area contributed by atoms with Crippen molar-refractivity contribution in [3.63, 3.8) is 0 Å². The highest BCUT2D eigenvalue weighted by Gasteiger charge is 2.33. The Labute approximate surface area is 94.1 Å². The van der Waals surface area contributed by atoms with E-state index in [1.54, 1.807) is 0 Å². The SMILES string of the molecule is O=C([C@H](O)[C@H](O)[C@H](O)CO)N1CCCCC1. The summed E-state index contributed by atoms with van der Waals surface area (Å²) in [6.45, 7) is 0.446. The molecule has 1 amide bonds. The molecule has 0 spiro atoms. The lowest BCUT2D eigenvalue weighted by molar-refractivity contribution is -0.153. The summed E-state index contributed by atoms with van der Waals surface area (Å²) in [5.41, 5.74) is 0. The van der Waals surface area contributed by atoms with Gasteiger partial charge in [-0.1, -0.05) is 0 Å². The van der Waals surface area contributed by atoms with Crippen LogP contribution < -0.4 is 0 Å². The average molecular weight is 233 g/mol. The molecule has 0 saturated carbocycles. The van der Waals surface area contributed by atoms with Crippen LogP contribution in [0.1, 0.15) is 19.3 Å². The fraction of sp³-hybridized carbons (Fsp3) is 0.900. The third kappa shape index (κ3) is 3.15. The van der Waals surface area contributed by atoms with Gasteiger partial charge in [0.25, 0.3) is 5.91 Å². The Kier molecular flexibility index (Phi) is 5.14. The van der Waals surface area contributed by atoms with Gasteiger partial charge in [0.2, 0.25) is 0 Å². The van der Waals surface area contributed by atoms with Gasteiger partial charge in [0, 0.05) is 13.1 Å². The van der Waals surface area contributed by atoms with Crippen molar-refractivity contribution in [2.45, 2.75) is 37.6 Å². The molecule has 1 saturated heterocycles. The fourth-order valence-corrected chi connectivity index (χ4v) is 1.77. The minimum Gasteiger partial charge on any atom is -0.394 e. The standard InChI is InChI=1S/C10H19NO5/c12-6-7(13)8(14)9(15)10(16)11-4-2-1-3-5-11/h7-9,12-15H,1-6H2/t7-,8-,9-/m1/s1. The summed E-state index contributed by atoms with van der Waals surface area (Å²) in [4.78, 5) is 13.2. The van der Waals surface area contributed by atoms with Crippen LogP contribution in [0.4, 0.5) is 0 Å². The number of piperidine rings is 1. The number of aliphatic hydroxyl groups is 4. The van der Waals surface area contributed by atoms with Crippen molar-refractivity contribution >= 4 is 5.91 Å². The number of nitrogens with zero attached hydrogens (tertiary/aromatic N) is 1. The monoisotopic (exact) mass is 233 g/mol. The lowest BCUT2D eigenvalue weighted by Crippen LogP contribution is -2.51. The Morgan fingerprint density at radius 3 is 2.19 bits per heavy atom. The van der Waals surface area contributed by atoms with Gasteiger partial charge in [0.05, 0.1) is 6.61 Å². The molecular formula is C10H19NO5. The molecule has 1 fully saturated rings. The van der Waals surface area contributed by atoms with Crippen molar-refractivity contribution in [2.75, 3.05) is 19.7 Å². The molecule has 3 atom stereocenters. The van der Waals surface area contributed by atoms with E-state index >= 15 is 0 Å². The summed E-state index contributed by atoms with van der Waals surface area (Å²) in [6, 6.07) is 0. The van der Waals surface area contributed by atoms with Crippen LogP contribution in [0.15, 0.2) is 0 Å². The number of carbonyl (C=O) groups excluding carboxylic acids is 1. The normalized spacial score (nSPS) is 22.6. The predicted octanol–water partition coefficient (Wildman–Crippen LogP) is -1.93. The maximum absolute atomic E-state index is 11.7. The van der Waals surface area contributed by atoms with E-state index in [4.69, 9.17) is 10.2 Å². The minimum absolute atomic E-state index is 0.567. The maximum atomic E-state index is 11.7. The Hall–Kier alpha value is -0.690. The molecule has 16 heavy (non-hydrogen) atoms. The third-order valence-electron chi connectivity index (χ3n) is 2.83.